The van der Waals surface area contributed by atoms with Crippen molar-refractivity contribution in [3.63, 3.8) is 0 Å². The summed E-state index contributed by atoms with van der Waals surface area (Å²) in [5, 5.41) is 1.75. The van der Waals surface area contributed by atoms with Crippen LogP contribution in [0.3, 0.4) is 0 Å². The van der Waals surface area contributed by atoms with Crippen molar-refractivity contribution in [1.82, 2.24) is 14.9 Å². The maximum Gasteiger partial charge on any atom is 0.238 e. The number of hydrogen-bond acceptors (Lipinski definition) is 4. The van der Waals surface area contributed by atoms with Gasteiger partial charge in [-0.1, -0.05) is 37.3 Å². The van der Waals surface area contributed by atoms with Gasteiger partial charge >= 0.3 is 0 Å². The first-order chi connectivity index (χ1) is 11.4. The van der Waals surface area contributed by atoms with Gasteiger partial charge < -0.3 is 9.88 Å². The Balaban J connectivity index is 2.30. The van der Waals surface area contributed by atoms with Crippen molar-refractivity contribution in [2.45, 2.75) is 31.6 Å². The van der Waals surface area contributed by atoms with E-state index < -0.39 is 27.0 Å². The second-order valence-corrected chi connectivity index (χ2v) is 8.20. The molecule has 0 saturated carbocycles. The normalized spacial score (nSPS) is 14.1. The highest BCUT2D eigenvalue weighted by Gasteiger charge is 2.30. The number of aromatic nitrogens is 2. The van der Waals surface area contributed by atoms with Gasteiger partial charge in [-0.15, -0.1) is 0 Å². The molecular weight excluding hydrogens is 326 g/mol. The highest BCUT2D eigenvalue weighted by atomic mass is 32.2. The predicted molar refractivity (Wildman–Crippen MR) is 93.2 cm³/mol. The number of imidazole rings is 1. The van der Waals surface area contributed by atoms with Gasteiger partial charge in [0, 0.05) is 19.4 Å². The minimum atomic E-state index is -3.46. The third-order valence-electron chi connectivity index (χ3n) is 3.93. The molecule has 0 radical (unpaired) electrons. The Morgan fingerprint density at radius 1 is 1.29 bits per heavy atom. The van der Waals surface area contributed by atoms with E-state index in [-0.39, 0.29) is 5.75 Å². The monoisotopic (exact) mass is 349 g/mol. The van der Waals surface area contributed by atoms with Crippen molar-refractivity contribution in [2.24, 2.45) is 7.05 Å². The van der Waals surface area contributed by atoms with Gasteiger partial charge in [0.1, 0.15) is 17.1 Å². The molecule has 130 valence electrons. The Morgan fingerprint density at radius 3 is 2.50 bits per heavy atom. The lowest BCUT2D eigenvalue weighted by Crippen LogP contribution is -2.41. The fourth-order valence-electron chi connectivity index (χ4n) is 2.48. The molecule has 2 atom stereocenters. The number of aryl methyl sites for hydroxylation is 1. The van der Waals surface area contributed by atoms with Gasteiger partial charge in [-0.05, 0) is 18.9 Å². The van der Waals surface area contributed by atoms with Crippen LogP contribution in [-0.2, 0) is 21.7 Å². The van der Waals surface area contributed by atoms with E-state index in [1.807, 2.05) is 41.9 Å². The predicted octanol–water partition coefficient (Wildman–Crippen LogP) is 1.84. The number of hydrogen-bond donors (Lipinski definition) is 1. The van der Waals surface area contributed by atoms with E-state index >= 15 is 0 Å². The van der Waals surface area contributed by atoms with E-state index in [1.165, 1.54) is 6.92 Å². The van der Waals surface area contributed by atoms with Gasteiger partial charge in [0.2, 0.25) is 5.91 Å². The minimum Gasteiger partial charge on any atom is -0.341 e. The highest BCUT2D eigenvalue weighted by molar-refractivity contribution is 7.92. The summed E-state index contributed by atoms with van der Waals surface area (Å²) in [6, 6.07) is 8.88. The van der Waals surface area contributed by atoms with Crippen molar-refractivity contribution < 1.29 is 13.2 Å². The van der Waals surface area contributed by atoms with Crippen LogP contribution in [0.25, 0.3) is 0 Å². The van der Waals surface area contributed by atoms with Crippen LogP contribution in [0.15, 0.2) is 42.7 Å². The summed E-state index contributed by atoms with van der Waals surface area (Å²) in [6.45, 7) is 3.21. The third kappa shape index (κ3) is 4.03. The number of carbonyl (C=O) groups is 1. The molecule has 6 nitrogen and oxygen atoms in total. The minimum absolute atomic E-state index is 0.00000488. The van der Waals surface area contributed by atoms with Crippen LogP contribution in [0.4, 0.5) is 0 Å². The molecule has 1 aromatic carbocycles. The van der Waals surface area contributed by atoms with Gasteiger partial charge in [-0.3, -0.25) is 4.79 Å². The Hall–Kier alpha value is -2.15. The lowest BCUT2D eigenvalue weighted by molar-refractivity contribution is -0.121. The molecule has 2 aromatic rings. The van der Waals surface area contributed by atoms with Crippen LogP contribution in [0.2, 0.25) is 0 Å². The second-order valence-electron chi connectivity index (χ2n) is 5.76. The summed E-state index contributed by atoms with van der Waals surface area (Å²) >= 11 is 0. The molecular formula is C17H23N3O3S. The molecule has 1 aromatic heterocycles. The molecule has 0 unspecified atom stereocenters. The molecule has 1 heterocycles. The molecule has 0 spiro atoms. The van der Waals surface area contributed by atoms with Gasteiger partial charge in [0.05, 0.1) is 5.75 Å². The summed E-state index contributed by atoms with van der Waals surface area (Å²) < 4.78 is 26.1. The van der Waals surface area contributed by atoms with Crippen LogP contribution >= 0.6 is 0 Å². The number of carbonyl (C=O) groups excluding carboxylic acids is 1. The maximum absolute atomic E-state index is 12.5. The van der Waals surface area contributed by atoms with E-state index in [9.17, 15) is 13.2 Å². The van der Waals surface area contributed by atoms with Crippen molar-refractivity contribution >= 4 is 15.7 Å². The molecule has 0 aliphatic rings. The van der Waals surface area contributed by atoms with Crippen LogP contribution in [0.1, 0.15) is 37.7 Å². The number of nitrogens with zero attached hydrogens (tertiary/aromatic N) is 2. The highest BCUT2D eigenvalue weighted by Crippen LogP contribution is 2.21. The molecule has 0 bridgehead atoms. The molecule has 0 saturated heterocycles. The second kappa shape index (κ2) is 7.61. The Labute approximate surface area is 142 Å². The molecule has 7 heteroatoms. The zero-order valence-corrected chi connectivity index (χ0v) is 15.0. The average molecular weight is 349 g/mol. The number of benzene rings is 1. The van der Waals surface area contributed by atoms with E-state index in [1.54, 1.807) is 19.3 Å². The van der Waals surface area contributed by atoms with Crippen molar-refractivity contribution in [2.75, 3.05) is 5.75 Å². The van der Waals surface area contributed by atoms with Crippen LogP contribution < -0.4 is 5.32 Å². The lowest BCUT2D eigenvalue weighted by atomic mass is 10.1. The summed E-state index contributed by atoms with van der Waals surface area (Å²) in [6.07, 6.45) is 3.92. The first kappa shape index (κ1) is 18.2. The Morgan fingerprint density at radius 2 is 1.96 bits per heavy atom. The zero-order chi connectivity index (χ0) is 17.7. The number of nitrogens with one attached hydrogen (secondary N) is 1. The number of sulfone groups is 1. The van der Waals surface area contributed by atoms with Crippen molar-refractivity contribution in [1.29, 1.82) is 0 Å². The van der Waals surface area contributed by atoms with E-state index in [0.717, 1.165) is 5.56 Å². The summed E-state index contributed by atoms with van der Waals surface area (Å²) in [5.41, 5.74) is 0.847. The smallest absolute Gasteiger partial charge is 0.238 e. The van der Waals surface area contributed by atoms with Crippen LogP contribution in [0, 0.1) is 0 Å². The van der Waals surface area contributed by atoms with E-state index in [4.69, 9.17) is 0 Å². The van der Waals surface area contributed by atoms with Crippen molar-refractivity contribution in [3.8, 4) is 0 Å². The molecule has 0 aliphatic heterocycles. The molecule has 1 N–H and O–H groups in total. The average Bonchev–Trinajstić information content (AvgIpc) is 2.98. The third-order valence-corrected chi connectivity index (χ3v) is 6.20. The molecule has 1 amide bonds. The Bertz CT molecular complexity index is 784. The van der Waals surface area contributed by atoms with Crippen molar-refractivity contribution in [3.05, 3.63) is 54.1 Å². The van der Waals surface area contributed by atoms with Gasteiger partial charge in [0.25, 0.3) is 0 Å². The number of rotatable bonds is 7. The first-order valence-corrected chi connectivity index (χ1v) is 9.62. The summed E-state index contributed by atoms with van der Waals surface area (Å²) in [7, 11) is -1.62. The van der Waals surface area contributed by atoms with Crippen LogP contribution in [0.5, 0.6) is 0 Å². The SMILES string of the molecule is CCCS(=O)(=O)[C@H](C)C(=O)N[C@H](c1ccccc1)c1nccn1C. The fraction of sp³-hybridized carbons (Fsp3) is 0.412. The quantitative estimate of drug-likeness (QED) is 0.827. The van der Waals surface area contributed by atoms with Crippen LogP contribution in [-0.4, -0.2) is 34.9 Å². The zero-order valence-electron chi connectivity index (χ0n) is 14.1. The molecule has 2 rings (SSSR count). The first-order valence-electron chi connectivity index (χ1n) is 7.91. The standard InChI is InChI=1S/C17H23N3O3S/c1-4-12-24(22,23)13(2)17(21)19-15(14-8-6-5-7-9-14)16-18-10-11-20(16)3/h5-11,13,15H,4,12H2,1-3H3,(H,19,21)/t13-,15-/m1/s1. The van der Waals surface area contributed by atoms with E-state index in [0.29, 0.717) is 12.2 Å². The fourth-order valence-corrected chi connectivity index (χ4v) is 3.80. The van der Waals surface area contributed by atoms with Gasteiger partial charge in [-0.2, -0.15) is 0 Å². The van der Waals surface area contributed by atoms with Gasteiger partial charge in [-0.25, -0.2) is 13.4 Å². The lowest BCUT2D eigenvalue weighted by Gasteiger charge is -2.21. The largest absolute Gasteiger partial charge is 0.341 e. The summed E-state index contributed by atoms with van der Waals surface area (Å²) in [4.78, 5) is 16.8. The topological polar surface area (TPSA) is 81.1 Å². The maximum atomic E-state index is 12.5. The Kier molecular flexibility index (Phi) is 5.77. The molecule has 0 fully saturated rings. The molecule has 24 heavy (non-hydrogen) atoms. The van der Waals surface area contributed by atoms with Gasteiger partial charge in [0.15, 0.2) is 9.84 Å². The molecule has 0 aliphatic carbocycles. The number of amides is 1. The van der Waals surface area contributed by atoms with E-state index in [2.05, 4.69) is 10.3 Å². The summed E-state index contributed by atoms with van der Waals surface area (Å²) in [5.74, 6) is 0.134.